The van der Waals surface area contributed by atoms with Crippen molar-refractivity contribution in [3.63, 3.8) is 0 Å². The highest BCUT2D eigenvalue weighted by molar-refractivity contribution is 5.92. The number of carbonyl (C=O) groups excluding carboxylic acids is 1. The number of hydrogen-bond donors (Lipinski definition) is 0. The molecule has 0 bridgehead atoms. The maximum atomic E-state index is 12.7. The molecule has 0 radical (unpaired) electrons. The molecule has 7 heteroatoms. The molecule has 0 fully saturated rings. The highest BCUT2D eigenvalue weighted by atomic mass is 19.4. The maximum Gasteiger partial charge on any atom is 0.416 e. The number of carbonyl (C=O) groups is 1. The molecule has 1 aromatic carbocycles. The van der Waals surface area contributed by atoms with Crippen molar-refractivity contribution >= 4 is 5.97 Å². The van der Waals surface area contributed by atoms with E-state index in [9.17, 15) is 18.0 Å². The summed E-state index contributed by atoms with van der Waals surface area (Å²) in [4.78, 5) is 15.6. The molecule has 0 saturated carbocycles. The number of hydrogen-bond acceptors (Lipinski definition) is 4. The first-order valence-corrected chi connectivity index (χ1v) is 6.21. The van der Waals surface area contributed by atoms with Gasteiger partial charge in [-0.05, 0) is 36.8 Å². The second kappa shape index (κ2) is 6.05. The molecule has 0 spiro atoms. The van der Waals surface area contributed by atoms with Crippen molar-refractivity contribution in [1.82, 2.24) is 4.98 Å². The van der Waals surface area contributed by atoms with Gasteiger partial charge in [-0.1, -0.05) is 6.07 Å². The summed E-state index contributed by atoms with van der Waals surface area (Å²) in [5.74, 6) is -0.869. The van der Waals surface area contributed by atoms with E-state index in [1.165, 1.54) is 31.5 Å². The molecular weight excluding hydrogens is 299 g/mol. The quantitative estimate of drug-likeness (QED) is 0.804. The van der Waals surface area contributed by atoms with Crippen molar-refractivity contribution < 1.29 is 27.4 Å². The normalized spacial score (nSPS) is 11.1. The standard InChI is InChI=1S/C15H12F3NO3/c1-9-6-12(14(20)21-2)13(19-8-9)22-11-5-3-4-10(7-11)15(16,17)18/h3-8H,1-2H3. The fraction of sp³-hybridized carbons (Fsp3) is 0.200. The minimum atomic E-state index is -4.48. The van der Waals surface area contributed by atoms with Crippen LogP contribution in [0.5, 0.6) is 11.6 Å². The van der Waals surface area contributed by atoms with Gasteiger partial charge >= 0.3 is 12.1 Å². The topological polar surface area (TPSA) is 48.4 Å². The van der Waals surface area contributed by atoms with E-state index < -0.39 is 17.7 Å². The Morgan fingerprint density at radius 1 is 1.23 bits per heavy atom. The molecule has 0 saturated heterocycles. The summed E-state index contributed by atoms with van der Waals surface area (Å²) >= 11 is 0. The predicted octanol–water partition coefficient (Wildman–Crippen LogP) is 3.99. The van der Waals surface area contributed by atoms with Gasteiger partial charge in [-0.25, -0.2) is 9.78 Å². The summed E-state index contributed by atoms with van der Waals surface area (Å²) in [7, 11) is 1.19. The number of methoxy groups -OCH3 is 1. The van der Waals surface area contributed by atoms with Crippen LogP contribution in [-0.4, -0.2) is 18.1 Å². The minimum absolute atomic E-state index is 0.0416. The molecule has 116 valence electrons. The van der Waals surface area contributed by atoms with Gasteiger partial charge in [0.1, 0.15) is 11.3 Å². The smallest absolute Gasteiger partial charge is 0.416 e. The third kappa shape index (κ3) is 3.55. The number of nitrogens with zero attached hydrogens (tertiary/aromatic N) is 1. The van der Waals surface area contributed by atoms with Gasteiger partial charge in [0, 0.05) is 6.20 Å². The zero-order valence-electron chi connectivity index (χ0n) is 11.8. The lowest BCUT2D eigenvalue weighted by Gasteiger charge is -2.11. The SMILES string of the molecule is COC(=O)c1cc(C)cnc1Oc1cccc(C(F)(F)F)c1. The number of rotatable bonds is 3. The summed E-state index contributed by atoms with van der Waals surface area (Å²) in [6.07, 6.45) is -3.04. The molecule has 4 nitrogen and oxygen atoms in total. The molecule has 2 rings (SSSR count). The van der Waals surface area contributed by atoms with E-state index in [1.54, 1.807) is 6.92 Å². The van der Waals surface area contributed by atoms with Gasteiger partial charge in [-0.3, -0.25) is 0 Å². The van der Waals surface area contributed by atoms with E-state index in [1.807, 2.05) is 0 Å². The molecule has 0 aliphatic rings. The number of aromatic nitrogens is 1. The average Bonchev–Trinajstić information content (AvgIpc) is 2.47. The highest BCUT2D eigenvalue weighted by Crippen LogP contribution is 2.33. The average molecular weight is 311 g/mol. The number of benzene rings is 1. The molecule has 0 aliphatic heterocycles. The summed E-state index contributed by atoms with van der Waals surface area (Å²) in [5.41, 5.74) is -0.117. The molecule has 1 heterocycles. The lowest BCUT2D eigenvalue weighted by atomic mass is 10.2. The molecule has 0 unspecified atom stereocenters. The van der Waals surface area contributed by atoms with Crippen molar-refractivity contribution in [2.45, 2.75) is 13.1 Å². The van der Waals surface area contributed by atoms with E-state index in [4.69, 9.17) is 4.74 Å². The minimum Gasteiger partial charge on any atom is -0.465 e. The summed E-state index contributed by atoms with van der Waals surface area (Å²) in [6.45, 7) is 1.72. The third-order valence-electron chi connectivity index (χ3n) is 2.77. The van der Waals surface area contributed by atoms with Crippen molar-refractivity contribution in [2.24, 2.45) is 0 Å². The first-order valence-electron chi connectivity index (χ1n) is 6.21. The first kappa shape index (κ1) is 15.8. The van der Waals surface area contributed by atoms with E-state index in [0.29, 0.717) is 5.56 Å². The number of alkyl halides is 3. The molecule has 1 aromatic heterocycles. The van der Waals surface area contributed by atoms with Crippen LogP contribution in [0.3, 0.4) is 0 Å². The van der Waals surface area contributed by atoms with Crippen molar-refractivity contribution in [2.75, 3.05) is 7.11 Å². The Kier molecular flexibility index (Phi) is 4.35. The second-order valence-corrected chi connectivity index (χ2v) is 4.48. The summed E-state index contributed by atoms with van der Waals surface area (Å²) in [6, 6.07) is 5.81. The van der Waals surface area contributed by atoms with Crippen molar-refractivity contribution in [3.8, 4) is 11.6 Å². The maximum absolute atomic E-state index is 12.7. The van der Waals surface area contributed by atoms with Crippen LogP contribution in [0.1, 0.15) is 21.5 Å². The van der Waals surface area contributed by atoms with Crippen LogP contribution >= 0.6 is 0 Å². The van der Waals surface area contributed by atoms with Crippen molar-refractivity contribution in [3.05, 3.63) is 53.2 Å². The van der Waals surface area contributed by atoms with Gasteiger partial charge in [0.25, 0.3) is 0 Å². The molecule has 0 amide bonds. The number of ether oxygens (including phenoxy) is 2. The van der Waals surface area contributed by atoms with E-state index in [-0.39, 0.29) is 17.2 Å². The molecule has 0 aliphatic carbocycles. The molecule has 0 N–H and O–H groups in total. The van der Waals surface area contributed by atoms with E-state index >= 15 is 0 Å². The Hall–Kier alpha value is -2.57. The van der Waals surface area contributed by atoms with Crippen LogP contribution in [0.4, 0.5) is 13.2 Å². The van der Waals surface area contributed by atoms with Gasteiger partial charge in [0.05, 0.1) is 12.7 Å². The third-order valence-corrected chi connectivity index (χ3v) is 2.77. The Morgan fingerprint density at radius 3 is 2.59 bits per heavy atom. The Labute approximate surface area is 124 Å². The predicted molar refractivity (Wildman–Crippen MR) is 71.8 cm³/mol. The van der Waals surface area contributed by atoms with Gasteiger partial charge in [0.15, 0.2) is 0 Å². The first-order chi connectivity index (χ1) is 10.3. The van der Waals surface area contributed by atoms with Crippen LogP contribution in [0.2, 0.25) is 0 Å². The molecule has 2 aromatic rings. The lowest BCUT2D eigenvalue weighted by molar-refractivity contribution is -0.137. The van der Waals surface area contributed by atoms with Gasteiger partial charge in [0.2, 0.25) is 5.88 Å². The lowest BCUT2D eigenvalue weighted by Crippen LogP contribution is -2.07. The molecule has 0 atom stereocenters. The van der Waals surface area contributed by atoms with Crippen molar-refractivity contribution in [1.29, 1.82) is 0 Å². The largest absolute Gasteiger partial charge is 0.465 e. The zero-order chi connectivity index (χ0) is 16.3. The molecule has 22 heavy (non-hydrogen) atoms. The Morgan fingerprint density at radius 2 is 1.95 bits per heavy atom. The van der Waals surface area contributed by atoms with Gasteiger partial charge in [-0.2, -0.15) is 13.2 Å². The van der Waals surface area contributed by atoms with Crippen LogP contribution in [-0.2, 0) is 10.9 Å². The van der Waals surface area contributed by atoms with Gasteiger partial charge < -0.3 is 9.47 Å². The fourth-order valence-electron chi connectivity index (χ4n) is 1.74. The van der Waals surface area contributed by atoms with Gasteiger partial charge in [-0.15, -0.1) is 0 Å². The van der Waals surface area contributed by atoms with Crippen LogP contribution in [0, 0.1) is 6.92 Å². The number of esters is 1. The van der Waals surface area contributed by atoms with E-state index in [0.717, 1.165) is 12.1 Å². The number of halogens is 3. The zero-order valence-corrected chi connectivity index (χ0v) is 11.8. The Balaban J connectivity index is 2.37. The number of pyridine rings is 1. The van der Waals surface area contributed by atoms with E-state index in [2.05, 4.69) is 9.72 Å². The summed E-state index contributed by atoms with van der Waals surface area (Å²) < 4.78 is 47.9. The van der Waals surface area contributed by atoms with Crippen LogP contribution in [0.15, 0.2) is 36.5 Å². The highest BCUT2D eigenvalue weighted by Gasteiger charge is 2.30. The molecular formula is C15H12F3NO3. The number of aryl methyl sites for hydroxylation is 1. The Bertz CT molecular complexity index is 699. The summed E-state index contributed by atoms with van der Waals surface area (Å²) in [5, 5.41) is 0. The van der Waals surface area contributed by atoms with Crippen LogP contribution in [0.25, 0.3) is 0 Å². The second-order valence-electron chi connectivity index (χ2n) is 4.48. The van der Waals surface area contributed by atoms with Crippen LogP contribution < -0.4 is 4.74 Å². The fourth-order valence-corrected chi connectivity index (χ4v) is 1.74. The monoisotopic (exact) mass is 311 g/mol.